The molecule has 0 aliphatic rings. The van der Waals surface area contributed by atoms with Gasteiger partial charge in [-0.05, 0) is 12.1 Å². The zero-order chi connectivity index (χ0) is 12.1. The molecule has 0 saturated carbocycles. The number of hydrogen-bond acceptors (Lipinski definition) is 2. The van der Waals surface area contributed by atoms with Gasteiger partial charge in [-0.2, -0.15) is 4.73 Å². The first kappa shape index (κ1) is 11.1. The SMILES string of the molecule is O=C(C=Cc1cccc[n+]1[O-])c1ccccc1. The fraction of sp³-hybridized carbons (Fsp3) is 0. The molecular formula is C14H11NO2. The standard InChI is InChI=1S/C14H11NO2/c16-14(12-6-2-1-3-7-12)10-9-13-8-4-5-11-15(13)17/h1-11H. The van der Waals surface area contributed by atoms with Crippen LogP contribution in [-0.4, -0.2) is 5.78 Å². The topological polar surface area (TPSA) is 44.0 Å². The summed E-state index contributed by atoms with van der Waals surface area (Å²) in [6, 6.07) is 14.0. The van der Waals surface area contributed by atoms with Gasteiger partial charge in [-0.1, -0.05) is 30.3 Å². The van der Waals surface area contributed by atoms with Gasteiger partial charge in [-0.3, -0.25) is 4.79 Å². The number of carbonyl (C=O) groups is 1. The Hall–Kier alpha value is -2.42. The lowest BCUT2D eigenvalue weighted by Gasteiger charge is -1.98. The van der Waals surface area contributed by atoms with E-state index in [-0.39, 0.29) is 5.78 Å². The normalized spacial score (nSPS) is 10.6. The van der Waals surface area contributed by atoms with E-state index in [1.807, 2.05) is 6.07 Å². The highest BCUT2D eigenvalue weighted by atomic mass is 16.5. The van der Waals surface area contributed by atoms with Crippen molar-refractivity contribution in [3.8, 4) is 0 Å². The minimum absolute atomic E-state index is 0.116. The van der Waals surface area contributed by atoms with E-state index >= 15 is 0 Å². The second kappa shape index (κ2) is 5.07. The molecule has 17 heavy (non-hydrogen) atoms. The molecule has 2 rings (SSSR count). The minimum atomic E-state index is -0.116. The van der Waals surface area contributed by atoms with Gasteiger partial charge in [0.25, 0.3) is 0 Å². The zero-order valence-electron chi connectivity index (χ0n) is 9.11. The molecule has 0 unspecified atom stereocenters. The van der Waals surface area contributed by atoms with Gasteiger partial charge in [0.2, 0.25) is 5.69 Å². The van der Waals surface area contributed by atoms with Gasteiger partial charge >= 0.3 is 0 Å². The van der Waals surface area contributed by atoms with Crippen molar-refractivity contribution >= 4 is 11.9 Å². The van der Waals surface area contributed by atoms with Gasteiger partial charge in [-0.25, -0.2) is 0 Å². The van der Waals surface area contributed by atoms with Gasteiger partial charge in [0.15, 0.2) is 12.0 Å². The molecule has 1 heterocycles. The highest BCUT2D eigenvalue weighted by Crippen LogP contribution is 2.02. The Morgan fingerprint density at radius 1 is 1.06 bits per heavy atom. The Morgan fingerprint density at radius 2 is 1.76 bits per heavy atom. The maximum atomic E-state index is 11.7. The van der Waals surface area contributed by atoms with Crippen molar-refractivity contribution in [1.82, 2.24) is 0 Å². The van der Waals surface area contributed by atoms with Crippen LogP contribution in [0.1, 0.15) is 16.1 Å². The third-order valence-corrected chi connectivity index (χ3v) is 2.32. The fourth-order valence-corrected chi connectivity index (χ4v) is 1.43. The van der Waals surface area contributed by atoms with Crippen LogP contribution in [0, 0.1) is 5.21 Å². The Morgan fingerprint density at radius 3 is 2.47 bits per heavy atom. The van der Waals surface area contributed by atoms with Crippen molar-refractivity contribution in [1.29, 1.82) is 0 Å². The summed E-state index contributed by atoms with van der Waals surface area (Å²) in [5.74, 6) is -0.116. The van der Waals surface area contributed by atoms with Gasteiger partial charge in [0, 0.05) is 23.8 Å². The molecule has 0 spiro atoms. The van der Waals surface area contributed by atoms with Crippen LogP contribution in [-0.2, 0) is 0 Å². The average molecular weight is 225 g/mol. The predicted molar refractivity (Wildman–Crippen MR) is 65.2 cm³/mol. The fourth-order valence-electron chi connectivity index (χ4n) is 1.43. The van der Waals surface area contributed by atoms with Crippen LogP contribution in [0.3, 0.4) is 0 Å². The molecule has 0 aliphatic carbocycles. The van der Waals surface area contributed by atoms with E-state index in [0.717, 1.165) is 4.73 Å². The first-order valence-electron chi connectivity index (χ1n) is 5.23. The smallest absolute Gasteiger partial charge is 0.216 e. The maximum absolute atomic E-state index is 11.7. The first-order chi connectivity index (χ1) is 8.27. The number of ketones is 1. The van der Waals surface area contributed by atoms with Crippen molar-refractivity contribution in [3.63, 3.8) is 0 Å². The number of benzene rings is 1. The summed E-state index contributed by atoms with van der Waals surface area (Å²) in [7, 11) is 0. The summed E-state index contributed by atoms with van der Waals surface area (Å²) in [6.07, 6.45) is 4.31. The van der Waals surface area contributed by atoms with E-state index in [9.17, 15) is 10.0 Å². The van der Waals surface area contributed by atoms with E-state index < -0.39 is 0 Å². The molecule has 0 bridgehead atoms. The number of pyridine rings is 1. The molecule has 0 fully saturated rings. The highest BCUT2D eigenvalue weighted by Gasteiger charge is 2.02. The summed E-state index contributed by atoms with van der Waals surface area (Å²) >= 11 is 0. The summed E-state index contributed by atoms with van der Waals surface area (Å²) in [5, 5.41) is 11.3. The van der Waals surface area contributed by atoms with Gasteiger partial charge in [0.1, 0.15) is 0 Å². The molecule has 84 valence electrons. The molecule has 2 aromatic rings. The third-order valence-electron chi connectivity index (χ3n) is 2.32. The van der Waals surface area contributed by atoms with Crippen LogP contribution in [0.15, 0.2) is 60.8 Å². The van der Waals surface area contributed by atoms with E-state index in [1.165, 1.54) is 18.3 Å². The molecule has 3 heteroatoms. The number of carbonyl (C=O) groups excluding carboxylic acids is 1. The van der Waals surface area contributed by atoms with Crippen molar-refractivity contribution in [2.24, 2.45) is 0 Å². The Bertz CT molecular complexity index is 547. The summed E-state index contributed by atoms with van der Waals surface area (Å²) in [6.45, 7) is 0. The molecule has 0 atom stereocenters. The van der Waals surface area contributed by atoms with Gasteiger partial charge in [-0.15, -0.1) is 0 Å². The lowest BCUT2D eigenvalue weighted by Crippen LogP contribution is -2.28. The molecule has 0 aliphatic heterocycles. The molecule has 1 aromatic heterocycles. The monoisotopic (exact) mass is 225 g/mol. The number of hydrogen-bond donors (Lipinski definition) is 0. The molecule has 1 aromatic carbocycles. The number of allylic oxidation sites excluding steroid dienone is 1. The van der Waals surface area contributed by atoms with Crippen LogP contribution in [0.2, 0.25) is 0 Å². The second-order valence-corrected chi connectivity index (χ2v) is 3.51. The number of nitrogens with zero attached hydrogens (tertiary/aromatic N) is 1. The highest BCUT2D eigenvalue weighted by molar-refractivity contribution is 6.06. The Kier molecular flexibility index (Phi) is 3.31. The largest absolute Gasteiger partial charge is 0.618 e. The van der Waals surface area contributed by atoms with Crippen LogP contribution in [0.5, 0.6) is 0 Å². The summed E-state index contributed by atoms with van der Waals surface area (Å²) in [5.41, 5.74) is 1.05. The average Bonchev–Trinajstić information content (AvgIpc) is 2.38. The van der Waals surface area contributed by atoms with E-state index in [0.29, 0.717) is 11.3 Å². The quantitative estimate of drug-likeness (QED) is 0.348. The molecule has 0 N–H and O–H groups in total. The Labute approximate surface area is 99.2 Å². The van der Waals surface area contributed by atoms with Crippen LogP contribution < -0.4 is 4.73 Å². The third kappa shape index (κ3) is 2.78. The van der Waals surface area contributed by atoms with Gasteiger partial charge < -0.3 is 5.21 Å². The molecular weight excluding hydrogens is 214 g/mol. The van der Waals surface area contributed by atoms with E-state index in [4.69, 9.17) is 0 Å². The predicted octanol–water partition coefficient (Wildman–Crippen LogP) is 2.22. The second-order valence-electron chi connectivity index (χ2n) is 3.51. The van der Waals surface area contributed by atoms with Crippen LogP contribution >= 0.6 is 0 Å². The Balaban J connectivity index is 2.17. The lowest BCUT2D eigenvalue weighted by molar-refractivity contribution is -0.607. The van der Waals surface area contributed by atoms with Crippen LogP contribution in [0.25, 0.3) is 6.08 Å². The molecule has 3 nitrogen and oxygen atoms in total. The van der Waals surface area contributed by atoms with E-state index in [2.05, 4.69) is 0 Å². The molecule has 0 amide bonds. The summed E-state index contributed by atoms with van der Waals surface area (Å²) < 4.78 is 0.717. The van der Waals surface area contributed by atoms with Crippen molar-refractivity contribution in [3.05, 3.63) is 77.3 Å². The maximum Gasteiger partial charge on any atom is 0.216 e. The van der Waals surface area contributed by atoms with Gasteiger partial charge in [0.05, 0.1) is 0 Å². The lowest BCUT2D eigenvalue weighted by atomic mass is 10.1. The number of aromatic nitrogens is 1. The summed E-state index contributed by atoms with van der Waals surface area (Å²) in [4.78, 5) is 11.7. The van der Waals surface area contributed by atoms with Crippen molar-refractivity contribution in [2.45, 2.75) is 0 Å². The zero-order valence-corrected chi connectivity index (χ0v) is 9.11. The molecule has 0 saturated heterocycles. The van der Waals surface area contributed by atoms with Crippen LogP contribution in [0.4, 0.5) is 0 Å². The van der Waals surface area contributed by atoms with Crippen molar-refractivity contribution in [2.75, 3.05) is 0 Å². The van der Waals surface area contributed by atoms with Crippen molar-refractivity contribution < 1.29 is 9.52 Å². The van der Waals surface area contributed by atoms with E-state index in [1.54, 1.807) is 42.5 Å². The number of rotatable bonds is 3. The molecule has 0 radical (unpaired) electrons. The minimum Gasteiger partial charge on any atom is -0.618 e. The first-order valence-corrected chi connectivity index (χ1v) is 5.23.